The van der Waals surface area contributed by atoms with Gasteiger partial charge in [0.05, 0.1) is 11.3 Å². The quantitative estimate of drug-likeness (QED) is 0.787. The first-order chi connectivity index (χ1) is 11.0. The van der Waals surface area contributed by atoms with E-state index in [1.54, 1.807) is 26.0 Å². The van der Waals surface area contributed by atoms with Crippen molar-refractivity contribution in [3.05, 3.63) is 46.1 Å². The van der Waals surface area contributed by atoms with Crippen LogP contribution in [0.15, 0.2) is 22.9 Å². The van der Waals surface area contributed by atoms with E-state index >= 15 is 0 Å². The number of carbonyl (C=O) groups is 2. The first kappa shape index (κ1) is 15.5. The van der Waals surface area contributed by atoms with Crippen molar-refractivity contribution in [1.82, 2.24) is 20.2 Å². The molecule has 8 heteroatoms. The van der Waals surface area contributed by atoms with Crippen molar-refractivity contribution in [2.45, 2.75) is 20.3 Å². The first-order valence-electron chi connectivity index (χ1n) is 7.17. The van der Waals surface area contributed by atoms with E-state index in [0.29, 0.717) is 47.2 Å². The summed E-state index contributed by atoms with van der Waals surface area (Å²) in [6.07, 6.45) is 2.11. The van der Waals surface area contributed by atoms with E-state index < -0.39 is 0 Å². The molecule has 2 aromatic rings. The van der Waals surface area contributed by atoms with E-state index in [2.05, 4.69) is 10.1 Å². The SMILES string of the molecule is Cc1noc(C)c1C(=O)N1CCCN1C(=O)c1ccc(Cl)nc1. The van der Waals surface area contributed by atoms with Crippen molar-refractivity contribution in [2.75, 3.05) is 13.1 Å². The standard InChI is InChI=1S/C15H15ClN4O3/c1-9-13(10(2)23-18-9)15(22)20-7-3-6-19(20)14(21)11-4-5-12(16)17-8-11/h4-5,8H,3,6-7H2,1-2H3. The Morgan fingerprint density at radius 1 is 1.17 bits per heavy atom. The van der Waals surface area contributed by atoms with Crippen LogP contribution in [-0.2, 0) is 0 Å². The number of carbonyl (C=O) groups excluding carboxylic acids is 2. The first-order valence-corrected chi connectivity index (χ1v) is 7.55. The summed E-state index contributed by atoms with van der Waals surface area (Å²) in [5.74, 6) is -0.124. The van der Waals surface area contributed by atoms with Crippen LogP contribution in [0, 0.1) is 13.8 Å². The third-order valence-corrected chi connectivity index (χ3v) is 3.95. The van der Waals surface area contributed by atoms with E-state index in [0.717, 1.165) is 0 Å². The smallest absolute Gasteiger partial charge is 0.277 e. The monoisotopic (exact) mass is 334 g/mol. The molecule has 120 valence electrons. The van der Waals surface area contributed by atoms with Crippen LogP contribution in [0.5, 0.6) is 0 Å². The van der Waals surface area contributed by atoms with Gasteiger partial charge >= 0.3 is 0 Å². The molecule has 0 N–H and O–H groups in total. The zero-order valence-corrected chi connectivity index (χ0v) is 13.5. The highest BCUT2D eigenvalue weighted by atomic mass is 35.5. The molecule has 0 aliphatic carbocycles. The Kier molecular flexibility index (Phi) is 4.04. The lowest BCUT2D eigenvalue weighted by Crippen LogP contribution is -2.45. The van der Waals surface area contributed by atoms with Gasteiger partial charge in [-0.05, 0) is 32.4 Å². The minimum absolute atomic E-state index is 0.283. The van der Waals surface area contributed by atoms with Gasteiger partial charge in [0.2, 0.25) is 0 Å². The highest BCUT2D eigenvalue weighted by molar-refractivity contribution is 6.29. The molecule has 2 aromatic heterocycles. The number of hydrazine groups is 1. The van der Waals surface area contributed by atoms with Gasteiger partial charge in [0.25, 0.3) is 11.8 Å². The van der Waals surface area contributed by atoms with Crippen LogP contribution < -0.4 is 0 Å². The second-order valence-electron chi connectivity index (χ2n) is 5.28. The van der Waals surface area contributed by atoms with Crippen molar-refractivity contribution in [2.24, 2.45) is 0 Å². The van der Waals surface area contributed by atoms with Gasteiger partial charge in [-0.2, -0.15) is 0 Å². The molecule has 2 amide bonds. The summed E-state index contributed by atoms with van der Waals surface area (Å²) >= 11 is 5.74. The van der Waals surface area contributed by atoms with E-state index in [1.165, 1.54) is 16.2 Å². The van der Waals surface area contributed by atoms with Crippen molar-refractivity contribution in [3.63, 3.8) is 0 Å². The number of amides is 2. The molecule has 23 heavy (non-hydrogen) atoms. The lowest BCUT2D eigenvalue weighted by molar-refractivity contribution is 0.0184. The van der Waals surface area contributed by atoms with Gasteiger partial charge in [0, 0.05) is 19.3 Å². The van der Waals surface area contributed by atoms with E-state index in [9.17, 15) is 9.59 Å². The minimum atomic E-state index is -0.285. The Bertz CT molecular complexity index is 737. The maximum atomic E-state index is 12.7. The number of halogens is 1. The maximum absolute atomic E-state index is 12.7. The molecule has 1 aliphatic heterocycles. The van der Waals surface area contributed by atoms with Crippen molar-refractivity contribution < 1.29 is 14.1 Å². The number of aromatic nitrogens is 2. The summed E-state index contributed by atoms with van der Waals surface area (Å²) in [7, 11) is 0. The Labute approximate surface area is 137 Å². The average molecular weight is 335 g/mol. The topological polar surface area (TPSA) is 79.5 Å². The Balaban J connectivity index is 1.87. The largest absolute Gasteiger partial charge is 0.361 e. The summed E-state index contributed by atoms with van der Waals surface area (Å²) in [6.45, 7) is 4.32. The van der Waals surface area contributed by atoms with Crippen LogP contribution in [0.2, 0.25) is 5.15 Å². The molecular weight excluding hydrogens is 320 g/mol. The van der Waals surface area contributed by atoms with E-state index in [1.807, 2.05) is 0 Å². The van der Waals surface area contributed by atoms with E-state index in [4.69, 9.17) is 16.1 Å². The normalized spacial score (nSPS) is 14.4. The summed E-state index contributed by atoms with van der Waals surface area (Å²) < 4.78 is 5.04. The average Bonchev–Trinajstić information content (AvgIpc) is 3.14. The second kappa shape index (κ2) is 6.00. The zero-order chi connectivity index (χ0) is 16.6. The van der Waals surface area contributed by atoms with Crippen LogP contribution in [0.25, 0.3) is 0 Å². The summed E-state index contributed by atoms with van der Waals surface area (Å²) in [5.41, 5.74) is 1.30. The van der Waals surface area contributed by atoms with Gasteiger partial charge in [-0.1, -0.05) is 16.8 Å². The van der Waals surface area contributed by atoms with Gasteiger partial charge in [-0.15, -0.1) is 0 Å². The fraction of sp³-hybridized carbons (Fsp3) is 0.333. The van der Waals surface area contributed by atoms with Gasteiger partial charge in [0.1, 0.15) is 16.5 Å². The lowest BCUT2D eigenvalue weighted by Gasteiger charge is -2.27. The molecule has 1 saturated heterocycles. The third kappa shape index (κ3) is 2.79. The molecule has 7 nitrogen and oxygen atoms in total. The summed E-state index contributed by atoms with van der Waals surface area (Å²) in [4.78, 5) is 29.3. The number of aryl methyl sites for hydroxylation is 2. The Hall–Kier alpha value is -2.41. The molecule has 0 saturated carbocycles. The molecule has 0 spiro atoms. The van der Waals surface area contributed by atoms with Crippen molar-refractivity contribution >= 4 is 23.4 Å². The predicted octanol–water partition coefficient (Wildman–Crippen LogP) is 2.24. The van der Waals surface area contributed by atoms with Crippen LogP contribution in [0.1, 0.15) is 38.6 Å². The lowest BCUT2D eigenvalue weighted by atomic mass is 10.2. The van der Waals surface area contributed by atoms with Gasteiger partial charge in [-0.3, -0.25) is 9.59 Å². The molecule has 0 atom stereocenters. The highest BCUT2D eigenvalue weighted by Crippen LogP contribution is 2.21. The molecule has 1 aliphatic rings. The van der Waals surface area contributed by atoms with Crippen LogP contribution in [0.4, 0.5) is 0 Å². The maximum Gasteiger partial charge on any atom is 0.277 e. The number of rotatable bonds is 2. The number of nitrogens with zero attached hydrogens (tertiary/aromatic N) is 4. The van der Waals surface area contributed by atoms with Crippen LogP contribution in [0.3, 0.4) is 0 Å². The molecule has 0 unspecified atom stereocenters. The highest BCUT2D eigenvalue weighted by Gasteiger charge is 2.34. The molecule has 1 fully saturated rings. The van der Waals surface area contributed by atoms with Crippen molar-refractivity contribution in [1.29, 1.82) is 0 Å². The fourth-order valence-corrected chi connectivity index (χ4v) is 2.71. The summed E-state index contributed by atoms with van der Waals surface area (Å²) in [5, 5.41) is 6.97. The number of hydrogen-bond donors (Lipinski definition) is 0. The van der Waals surface area contributed by atoms with Gasteiger partial charge in [-0.25, -0.2) is 15.0 Å². The van der Waals surface area contributed by atoms with Crippen molar-refractivity contribution in [3.8, 4) is 0 Å². The van der Waals surface area contributed by atoms with Gasteiger partial charge < -0.3 is 4.52 Å². The Morgan fingerprint density at radius 3 is 2.43 bits per heavy atom. The zero-order valence-electron chi connectivity index (χ0n) is 12.7. The Morgan fingerprint density at radius 2 is 1.87 bits per heavy atom. The van der Waals surface area contributed by atoms with Crippen LogP contribution >= 0.6 is 11.6 Å². The summed E-state index contributed by atoms with van der Waals surface area (Å²) in [6, 6.07) is 3.14. The molecular formula is C15H15ClN4O3. The molecule has 0 radical (unpaired) electrons. The molecule has 0 aromatic carbocycles. The second-order valence-corrected chi connectivity index (χ2v) is 5.67. The van der Waals surface area contributed by atoms with Crippen LogP contribution in [-0.4, -0.2) is 45.1 Å². The number of pyridine rings is 1. The van der Waals surface area contributed by atoms with Gasteiger partial charge in [0.15, 0.2) is 0 Å². The predicted molar refractivity (Wildman–Crippen MR) is 81.9 cm³/mol. The number of hydrogen-bond acceptors (Lipinski definition) is 5. The molecule has 0 bridgehead atoms. The fourth-order valence-electron chi connectivity index (χ4n) is 2.60. The third-order valence-electron chi connectivity index (χ3n) is 3.72. The van der Waals surface area contributed by atoms with E-state index in [-0.39, 0.29) is 11.8 Å². The minimum Gasteiger partial charge on any atom is -0.361 e. The molecule has 3 rings (SSSR count). The molecule has 3 heterocycles.